The number of nitrogens with two attached hydrogens (primary N) is 1. The smallest absolute Gasteiger partial charge is 0.227 e. The molecule has 2 unspecified atom stereocenters. The summed E-state index contributed by atoms with van der Waals surface area (Å²) in [7, 11) is -3.29. The van der Waals surface area contributed by atoms with Crippen LogP contribution in [-0.2, 0) is 26.1 Å². The highest BCUT2D eigenvalue weighted by Gasteiger charge is 2.25. The van der Waals surface area contributed by atoms with Gasteiger partial charge < -0.3 is 11.1 Å². The molecule has 0 aromatic heterocycles. The molecule has 5 nitrogen and oxygen atoms in total. The maximum atomic E-state index is 12.5. The predicted octanol–water partition coefficient (Wildman–Crippen LogP) is 3.68. The fraction of sp³-hybridized carbons (Fsp3) is 0.381. The van der Waals surface area contributed by atoms with Gasteiger partial charge in [-0.05, 0) is 42.5 Å². The van der Waals surface area contributed by atoms with Gasteiger partial charge in [0.15, 0.2) is 9.84 Å². The Morgan fingerprint density at radius 2 is 1.68 bits per heavy atom. The Labute approximate surface area is 173 Å². The average Bonchev–Trinajstić information content (AvgIpc) is 2.62. The van der Waals surface area contributed by atoms with Crippen LogP contribution in [0.1, 0.15) is 36.8 Å². The molecule has 3 rings (SSSR count). The molecule has 3 N–H and O–H groups in total. The van der Waals surface area contributed by atoms with Crippen molar-refractivity contribution in [2.45, 2.75) is 43.2 Å². The molecule has 2 aromatic carbocycles. The van der Waals surface area contributed by atoms with Gasteiger partial charge in [0.2, 0.25) is 5.91 Å². The monoisotopic (exact) mass is 422 g/mol. The summed E-state index contributed by atoms with van der Waals surface area (Å²) in [6, 6.07) is 16.3. The number of amides is 1. The van der Waals surface area contributed by atoms with Crippen LogP contribution in [0.15, 0.2) is 54.6 Å². The lowest BCUT2D eigenvalue weighted by molar-refractivity contribution is -0.120. The van der Waals surface area contributed by atoms with Crippen molar-refractivity contribution in [2.75, 3.05) is 5.32 Å². The Bertz CT molecular complexity index is 888. The van der Waals surface area contributed by atoms with Gasteiger partial charge in [0.05, 0.1) is 11.5 Å². The lowest BCUT2D eigenvalue weighted by Gasteiger charge is -2.25. The van der Waals surface area contributed by atoms with Gasteiger partial charge in [-0.3, -0.25) is 4.79 Å². The number of nitrogens with one attached hydrogen (secondary N) is 1. The van der Waals surface area contributed by atoms with E-state index in [0.29, 0.717) is 17.7 Å². The third-order valence-corrected chi connectivity index (χ3v) is 6.44. The molecule has 0 aliphatic heterocycles. The highest BCUT2D eigenvalue weighted by molar-refractivity contribution is 7.89. The second kappa shape index (κ2) is 10.0. The summed E-state index contributed by atoms with van der Waals surface area (Å²) in [5.74, 6) is -0.154. The predicted molar refractivity (Wildman–Crippen MR) is 115 cm³/mol. The van der Waals surface area contributed by atoms with Crippen LogP contribution in [0.5, 0.6) is 0 Å². The first-order valence-electron chi connectivity index (χ1n) is 9.31. The standard InChI is InChI=1S/C21H26N2O3S.ClH/c22-19-10-5-9-18(13-19)21(24)23-20-11-4-8-17(12-20)15-27(25,26)14-16-6-2-1-3-7-16;/h1-4,6-8,11-12,18-19H,5,9-10,13-15,22H2,(H,23,24);1H. The highest BCUT2D eigenvalue weighted by atomic mass is 35.5. The normalized spacial score (nSPS) is 19.5. The Hall–Kier alpha value is -1.89. The molecule has 2 aromatic rings. The molecule has 7 heteroatoms. The van der Waals surface area contributed by atoms with Gasteiger partial charge >= 0.3 is 0 Å². The SMILES string of the molecule is Cl.NC1CCCC(C(=O)Nc2cccc(CS(=O)(=O)Cc3ccccc3)c2)C1. The van der Waals surface area contributed by atoms with Crippen LogP contribution >= 0.6 is 12.4 Å². The second-order valence-electron chi connectivity index (χ2n) is 7.33. The van der Waals surface area contributed by atoms with Gasteiger partial charge in [-0.2, -0.15) is 0 Å². The van der Waals surface area contributed by atoms with Gasteiger partial charge in [0.1, 0.15) is 0 Å². The molecule has 2 atom stereocenters. The molecule has 1 saturated carbocycles. The zero-order valence-electron chi connectivity index (χ0n) is 15.7. The fourth-order valence-corrected chi connectivity index (χ4v) is 5.07. The summed E-state index contributed by atoms with van der Waals surface area (Å²) < 4.78 is 25.0. The van der Waals surface area contributed by atoms with E-state index in [1.54, 1.807) is 24.3 Å². The van der Waals surface area contributed by atoms with Crippen molar-refractivity contribution in [3.05, 3.63) is 65.7 Å². The summed E-state index contributed by atoms with van der Waals surface area (Å²) in [5.41, 5.74) is 8.04. The molecule has 28 heavy (non-hydrogen) atoms. The van der Waals surface area contributed by atoms with Gasteiger partial charge in [-0.25, -0.2) is 8.42 Å². The van der Waals surface area contributed by atoms with Crippen LogP contribution < -0.4 is 11.1 Å². The number of sulfone groups is 1. The molecule has 1 fully saturated rings. The van der Waals surface area contributed by atoms with Gasteiger partial charge in [-0.1, -0.05) is 48.9 Å². The number of anilines is 1. The lowest BCUT2D eigenvalue weighted by Crippen LogP contribution is -2.34. The first kappa shape index (κ1) is 22.4. The van der Waals surface area contributed by atoms with Gasteiger partial charge in [-0.15, -0.1) is 12.4 Å². The quantitative estimate of drug-likeness (QED) is 0.743. The van der Waals surface area contributed by atoms with Crippen molar-refractivity contribution in [3.8, 4) is 0 Å². The molecule has 1 aliphatic carbocycles. The largest absolute Gasteiger partial charge is 0.328 e. The van der Waals surface area contributed by atoms with E-state index in [-0.39, 0.29) is 41.8 Å². The second-order valence-corrected chi connectivity index (χ2v) is 9.40. The molecule has 152 valence electrons. The number of hydrogen-bond donors (Lipinski definition) is 2. The molecular formula is C21H27ClN2O3S. The number of benzene rings is 2. The van der Waals surface area contributed by atoms with Gasteiger partial charge in [0, 0.05) is 17.6 Å². The van der Waals surface area contributed by atoms with E-state index in [1.807, 2.05) is 30.3 Å². The number of hydrogen-bond acceptors (Lipinski definition) is 4. The Morgan fingerprint density at radius 3 is 2.39 bits per heavy atom. The Balaban J connectivity index is 0.00000280. The summed E-state index contributed by atoms with van der Waals surface area (Å²) in [6.45, 7) is 0. The third-order valence-electron chi connectivity index (χ3n) is 4.90. The minimum absolute atomic E-state index is 0. The van der Waals surface area contributed by atoms with Crippen LogP contribution in [0, 0.1) is 5.92 Å². The van der Waals surface area contributed by atoms with E-state index < -0.39 is 9.84 Å². The Morgan fingerprint density at radius 1 is 1.00 bits per heavy atom. The zero-order chi connectivity index (χ0) is 19.3. The fourth-order valence-electron chi connectivity index (χ4n) is 3.58. The molecule has 0 bridgehead atoms. The highest BCUT2D eigenvalue weighted by Crippen LogP contribution is 2.25. The van der Waals surface area contributed by atoms with E-state index in [9.17, 15) is 13.2 Å². The zero-order valence-corrected chi connectivity index (χ0v) is 17.3. The molecule has 0 spiro atoms. The summed E-state index contributed by atoms with van der Waals surface area (Å²) in [5, 5.41) is 2.92. The number of carbonyl (C=O) groups is 1. The van der Waals surface area contributed by atoms with Crippen molar-refractivity contribution in [2.24, 2.45) is 11.7 Å². The maximum absolute atomic E-state index is 12.5. The number of rotatable bonds is 6. The first-order valence-corrected chi connectivity index (χ1v) is 11.1. The lowest BCUT2D eigenvalue weighted by atomic mass is 9.85. The van der Waals surface area contributed by atoms with E-state index in [4.69, 9.17) is 5.73 Å². The number of carbonyl (C=O) groups excluding carboxylic acids is 1. The van der Waals surface area contributed by atoms with Crippen LogP contribution in [0.3, 0.4) is 0 Å². The topological polar surface area (TPSA) is 89.3 Å². The third kappa shape index (κ3) is 6.62. The van der Waals surface area contributed by atoms with E-state index >= 15 is 0 Å². The van der Waals surface area contributed by atoms with Crippen molar-refractivity contribution < 1.29 is 13.2 Å². The molecule has 0 heterocycles. The van der Waals surface area contributed by atoms with Gasteiger partial charge in [0.25, 0.3) is 0 Å². The van der Waals surface area contributed by atoms with Crippen LogP contribution in [0.25, 0.3) is 0 Å². The molecule has 0 radical (unpaired) electrons. The van der Waals surface area contributed by atoms with E-state index in [2.05, 4.69) is 5.32 Å². The van der Waals surface area contributed by atoms with E-state index in [0.717, 1.165) is 24.8 Å². The van der Waals surface area contributed by atoms with Crippen molar-refractivity contribution >= 4 is 33.8 Å². The van der Waals surface area contributed by atoms with Crippen LogP contribution in [-0.4, -0.2) is 20.4 Å². The summed E-state index contributed by atoms with van der Waals surface area (Å²) in [6.07, 6.45) is 3.50. The maximum Gasteiger partial charge on any atom is 0.227 e. The van der Waals surface area contributed by atoms with Crippen molar-refractivity contribution in [1.82, 2.24) is 0 Å². The summed E-state index contributed by atoms with van der Waals surface area (Å²) >= 11 is 0. The molecule has 1 aliphatic rings. The summed E-state index contributed by atoms with van der Waals surface area (Å²) in [4.78, 5) is 12.5. The first-order chi connectivity index (χ1) is 12.9. The van der Waals surface area contributed by atoms with Crippen LogP contribution in [0.4, 0.5) is 5.69 Å². The minimum Gasteiger partial charge on any atom is -0.328 e. The molecule has 1 amide bonds. The molecule has 0 saturated heterocycles. The minimum atomic E-state index is -3.29. The van der Waals surface area contributed by atoms with Crippen molar-refractivity contribution in [1.29, 1.82) is 0 Å². The average molecular weight is 423 g/mol. The van der Waals surface area contributed by atoms with E-state index in [1.165, 1.54) is 0 Å². The number of halogens is 1. The Kier molecular flexibility index (Phi) is 8.04. The van der Waals surface area contributed by atoms with Crippen molar-refractivity contribution in [3.63, 3.8) is 0 Å². The molecular weight excluding hydrogens is 396 g/mol. The van der Waals surface area contributed by atoms with Crippen LogP contribution in [0.2, 0.25) is 0 Å².